The molecule has 0 N–H and O–H groups in total. The van der Waals surface area contributed by atoms with Crippen LogP contribution < -0.4 is 0 Å². The number of rotatable bonds is 6. The van der Waals surface area contributed by atoms with Crippen LogP contribution in [0.25, 0.3) is 122 Å². The van der Waals surface area contributed by atoms with Gasteiger partial charge < -0.3 is 4.42 Å². The first kappa shape index (κ1) is 34.8. The molecule has 4 heteroatoms. The lowest BCUT2D eigenvalue weighted by Crippen LogP contribution is -2.01. The normalized spacial score (nSPS) is 11.6. The van der Waals surface area contributed by atoms with Crippen LogP contribution in [0.4, 0.5) is 0 Å². The fraction of sp³-hybridized carbons (Fsp3) is 0. The number of hydrogen-bond donors (Lipinski definition) is 0. The second kappa shape index (κ2) is 14.3. The molecule has 0 aliphatic heterocycles. The van der Waals surface area contributed by atoms with Crippen LogP contribution in [-0.2, 0) is 0 Å². The third-order valence-electron chi connectivity index (χ3n) is 12.0. The molecular weight excluding hydrogens is 743 g/mol. The maximum Gasteiger partial charge on any atom is 0.164 e. The van der Waals surface area contributed by atoms with Gasteiger partial charge in [0.05, 0.1) is 0 Å². The number of fused-ring (bicyclic) bond motifs is 6. The van der Waals surface area contributed by atoms with E-state index in [0.717, 1.165) is 76.9 Å². The molecular formula is C57H35N3O. The van der Waals surface area contributed by atoms with E-state index in [1.165, 1.54) is 27.5 Å². The molecule has 0 saturated heterocycles. The molecule has 0 amide bonds. The van der Waals surface area contributed by atoms with Crippen molar-refractivity contribution in [3.63, 3.8) is 0 Å². The molecule has 12 aromatic rings. The summed E-state index contributed by atoms with van der Waals surface area (Å²) >= 11 is 0. The van der Waals surface area contributed by atoms with E-state index in [1.54, 1.807) is 0 Å². The molecule has 0 bridgehead atoms. The molecule has 284 valence electrons. The fourth-order valence-electron chi connectivity index (χ4n) is 9.04. The quantitative estimate of drug-likeness (QED) is 0.169. The van der Waals surface area contributed by atoms with Crippen molar-refractivity contribution >= 4 is 54.3 Å². The van der Waals surface area contributed by atoms with Gasteiger partial charge in [-0.1, -0.05) is 188 Å². The van der Waals surface area contributed by atoms with Gasteiger partial charge in [-0.3, -0.25) is 0 Å². The number of aromatic nitrogens is 3. The highest BCUT2D eigenvalue weighted by Gasteiger charge is 2.19. The molecule has 10 aromatic carbocycles. The third-order valence-corrected chi connectivity index (χ3v) is 12.0. The summed E-state index contributed by atoms with van der Waals surface area (Å²) in [5.74, 6) is 1.87. The van der Waals surface area contributed by atoms with Crippen molar-refractivity contribution < 1.29 is 4.42 Å². The Bertz CT molecular complexity index is 3630. The van der Waals surface area contributed by atoms with Crippen LogP contribution in [0.1, 0.15) is 0 Å². The highest BCUT2D eigenvalue weighted by molar-refractivity contribution is 6.14. The Hall–Kier alpha value is -8.21. The van der Waals surface area contributed by atoms with E-state index in [2.05, 4.69) is 212 Å². The van der Waals surface area contributed by atoms with Crippen LogP contribution in [0.15, 0.2) is 217 Å². The van der Waals surface area contributed by atoms with Gasteiger partial charge in [0.2, 0.25) is 0 Å². The van der Waals surface area contributed by atoms with E-state index in [4.69, 9.17) is 19.4 Å². The zero-order valence-corrected chi connectivity index (χ0v) is 33.0. The molecule has 0 aliphatic rings. The number of furan rings is 1. The lowest BCUT2D eigenvalue weighted by atomic mass is 9.93. The van der Waals surface area contributed by atoms with Gasteiger partial charge in [-0.15, -0.1) is 0 Å². The molecule has 2 aromatic heterocycles. The summed E-state index contributed by atoms with van der Waals surface area (Å²) in [7, 11) is 0. The van der Waals surface area contributed by atoms with Gasteiger partial charge in [0.15, 0.2) is 17.5 Å². The summed E-state index contributed by atoms with van der Waals surface area (Å²) < 4.78 is 6.55. The fourth-order valence-corrected chi connectivity index (χ4v) is 9.04. The van der Waals surface area contributed by atoms with Crippen molar-refractivity contribution in [3.05, 3.63) is 212 Å². The van der Waals surface area contributed by atoms with E-state index in [1.807, 2.05) is 0 Å². The Morgan fingerprint density at radius 1 is 0.262 bits per heavy atom. The van der Waals surface area contributed by atoms with Crippen molar-refractivity contribution in [2.45, 2.75) is 0 Å². The Balaban J connectivity index is 1.00. The molecule has 0 saturated carbocycles. The zero-order chi connectivity index (χ0) is 40.3. The van der Waals surface area contributed by atoms with Gasteiger partial charge >= 0.3 is 0 Å². The van der Waals surface area contributed by atoms with E-state index < -0.39 is 0 Å². The second-order valence-corrected chi connectivity index (χ2v) is 15.5. The van der Waals surface area contributed by atoms with Gasteiger partial charge in [0.1, 0.15) is 11.2 Å². The summed E-state index contributed by atoms with van der Waals surface area (Å²) in [6.07, 6.45) is 0. The number of nitrogens with zero attached hydrogens (tertiary/aromatic N) is 3. The van der Waals surface area contributed by atoms with Crippen molar-refractivity contribution in [1.29, 1.82) is 0 Å². The highest BCUT2D eigenvalue weighted by atomic mass is 16.3. The van der Waals surface area contributed by atoms with Crippen LogP contribution in [0, 0.1) is 0 Å². The molecule has 2 heterocycles. The predicted octanol–water partition coefficient (Wildman–Crippen LogP) is 15.2. The van der Waals surface area contributed by atoms with Crippen molar-refractivity contribution in [2.24, 2.45) is 0 Å². The average molecular weight is 778 g/mol. The maximum atomic E-state index is 6.55. The smallest absolute Gasteiger partial charge is 0.164 e. The Kier molecular flexibility index (Phi) is 8.13. The molecule has 0 fully saturated rings. The van der Waals surface area contributed by atoms with Gasteiger partial charge in [-0.25, -0.2) is 15.0 Å². The minimum atomic E-state index is 0.620. The van der Waals surface area contributed by atoms with E-state index in [0.29, 0.717) is 17.5 Å². The first-order chi connectivity index (χ1) is 30.2. The predicted molar refractivity (Wildman–Crippen MR) is 252 cm³/mol. The van der Waals surface area contributed by atoms with Gasteiger partial charge in [-0.05, 0) is 90.0 Å². The summed E-state index contributed by atoms with van der Waals surface area (Å²) in [6, 6.07) is 74.6. The molecule has 0 spiro atoms. The summed E-state index contributed by atoms with van der Waals surface area (Å²) in [5, 5.41) is 9.07. The maximum absolute atomic E-state index is 6.55. The molecule has 0 aliphatic carbocycles. The lowest BCUT2D eigenvalue weighted by Gasteiger charge is -2.14. The Morgan fingerprint density at radius 3 is 1.48 bits per heavy atom. The topological polar surface area (TPSA) is 51.8 Å². The van der Waals surface area contributed by atoms with Crippen molar-refractivity contribution in [3.8, 4) is 67.5 Å². The second-order valence-electron chi connectivity index (χ2n) is 15.5. The van der Waals surface area contributed by atoms with Crippen molar-refractivity contribution in [1.82, 2.24) is 15.0 Å². The number of hydrogen-bond acceptors (Lipinski definition) is 4. The Labute approximate surface area is 352 Å². The number of benzene rings is 10. The third kappa shape index (κ3) is 5.96. The zero-order valence-electron chi connectivity index (χ0n) is 33.0. The summed E-state index contributed by atoms with van der Waals surface area (Å²) in [4.78, 5) is 15.7. The molecule has 61 heavy (non-hydrogen) atoms. The first-order valence-corrected chi connectivity index (χ1v) is 20.6. The minimum absolute atomic E-state index is 0.620. The van der Waals surface area contributed by atoms with Gasteiger partial charge in [0, 0.05) is 27.5 Å². The van der Waals surface area contributed by atoms with E-state index >= 15 is 0 Å². The van der Waals surface area contributed by atoms with Crippen molar-refractivity contribution in [2.75, 3.05) is 0 Å². The highest BCUT2D eigenvalue weighted by Crippen LogP contribution is 2.41. The van der Waals surface area contributed by atoms with Crippen LogP contribution in [0.2, 0.25) is 0 Å². The molecule has 0 unspecified atom stereocenters. The minimum Gasteiger partial charge on any atom is -0.456 e. The van der Waals surface area contributed by atoms with Gasteiger partial charge in [0.25, 0.3) is 0 Å². The summed E-state index contributed by atoms with van der Waals surface area (Å²) in [5.41, 5.74) is 11.4. The first-order valence-electron chi connectivity index (χ1n) is 20.6. The van der Waals surface area contributed by atoms with E-state index in [9.17, 15) is 0 Å². The largest absolute Gasteiger partial charge is 0.456 e. The van der Waals surface area contributed by atoms with Crippen LogP contribution >= 0.6 is 0 Å². The standard InChI is InChI=1S/C57H35N3O/c1-2-13-38(14-3-1)46-24-12-26-52-54(46)51-32-31-41(35-53(51)61-52)45-33-34-50(48-22-9-8-21-47(45)48)57-59-55(58-56(60-57)49-25-11-18-37-16-5-7-20-44(37)49)40-29-27-39(28-30-40)43-23-10-17-36-15-4-6-19-42(36)43/h1-35H. The molecule has 12 rings (SSSR count). The average Bonchev–Trinajstić information content (AvgIpc) is 3.72. The summed E-state index contributed by atoms with van der Waals surface area (Å²) in [6.45, 7) is 0. The monoisotopic (exact) mass is 777 g/mol. The van der Waals surface area contributed by atoms with Crippen LogP contribution in [0.5, 0.6) is 0 Å². The Morgan fingerprint density at radius 2 is 0.738 bits per heavy atom. The van der Waals surface area contributed by atoms with Crippen LogP contribution in [-0.4, -0.2) is 15.0 Å². The van der Waals surface area contributed by atoms with E-state index in [-0.39, 0.29) is 0 Å². The SMILES string of the molecule is c1ccc(-c2cccc3oc4cc(-c5ccc(-c6nc(-c7ccc(-c8cccc9ccccc89)cc7)nc(-c7cccc8ccccc78)n6)c6ccccc56)ccc4c23)cc1. The molecule has 0 atom stereocenters. The molecule has 4 nitrogen and oxygen atoms in total. The van der Waals surface area contributed by atoms with Gasteiger partial charge in [-0.2, -0.15) is 0 Å². The lowest BCUT2D eigenvalue weighted by molar-refractivity contribution is 0.669. The molecule has 0 radical (unpaired) electrons. The van der Waals surface area contributed by atoms with Crippen LogP contribution in [0.3, 0.4) is 0 Å².